The second-order valence-corrected chi connectivity index (χ2v) is 2.80. The van der Waals surface area contributed by atoms with Crippen molar-refractivity contribution in [2.24, 2.45) is 5.92 Å². The predicted octanol–water partition coefficient (Wildman–Crippen LogP) is 0.241. The molecule has 1 aliphatic heterocycles. The van der Waals surface area contributed by atoms with Gasteiger partial charge in [0.1, 0.15) is 6.23 Å². The van der Waals surface area contributed by atoms with Crippen molar-refractivity contribution < 1.29 is 9.90 Å². The standard InChI is InChI=1S/C7H13NO2/c1-2-5-3-6(9)8-7(10)4-5/h5-6,9H,2-4H2,1H3,(H,8,10). The first kappa shape index (κ1) is 7.54. The van der Waals surface area contributed by atoms with Gasteiger partial charge in [-0.05, 0) is 12.3 Å². The maximum Gasteiger partial charge on any atom is 0.222 e. The lowest BCUT2D eigenvalue weighted by Gasteiger charge is -2.25. The summed E-state index contributed by atoms with van der Waals surface area (Å²) in [7, 11) is 0. The topological polar surface area (TPSA) is 49.3 Å². The van der Waals surface area contributed by atoms with E-state index in [0.717, 1.165) is 6.42 Å². The van der Waals surface area contributed by atoms with Gasteiger partial charge >= 0.3 is 0 Å². The fraction of sp³-hybridized carbons (Fsp3) is 0.857. The van der Waals surface area contributed by atoms with E-state index in [1.54, 1.807) is 0 Å². The van der Waals surface area contributed by atoms with E-state index in [4.69, 9.17) is 5.11 Å². The van der Waals surface area contributed by atoms with Crippen LogP contribution in [0, 0.1) is 5.92 Å². The fourth-order valence-corrected chi connectivity index (χ4v) is 1.28. The van der Waals surface area contributed by atoms with Gasteiger partial charge in [-0.1, -0.05) is 13.3 Å². The minimum atomic E-state index is -0.605. The van der Waals surface area contributed by atoms with E-state index >= 15 is 0 Å². The van der Waals surface area contributed by atoms with E-state index in [-0.39, 0.29) is 5.91 Å². The van der Waals surface area contributed by atoms with Crippen LogP contribution in [0.1, 0.15) is 26.2 Å². The zero-order chi connectivity index (χ0) is 7.56. The third kappa shape index (κ3) is 1.70. The molecule has 2 unspecified atom stereocenters. The second-order valence-electron chi connectivity index (χ2n) is 2.80. The molecule has 2 atom stereocenters. The Bertz CT molecular complexity index is 136. The Kier molecular flexibility index (Phi) is 2.27. The Morgan fingerprint density at radius 2 is 2.50 bits per heavy atom. The lowest BCUT2D eigenvalue weighted by Crippen LogP contribution is -2.41. The van der Waals surface area contributed by atoms with Crippen LogP contribution in [0.25, 0.3) is 0 Å². The van der Waals surface area contributed by atoms with E-state index in [9.17, 15) is 4.79 Å². The molecular formula is C7H13NO2. The molecule has 0 aromatic heterocycles. The highest BCUT2D eigenvalue weighted by Crippen LogP contribution is 2.18. The number of amides is 1. The number of aliphatic hydroxyl groups is 1. The molecule has 1 rings (SSSR count). The van der Waals surface area contributed by atoms with E-state index < -0.39 is 6.23 Å². The Morgan fingerprint density at radius 1 is 1.80 bits per heavy atom. The van der Waals surface area contributed by atoms with Crippen molar-refractivity contribution >= 4 is 5.91 Å². The van der Waals surface area contributed by atoms with Crippen molar-refractivity contribution in [3.63, 3.8) is 0 Å². The predicted molar refractivity (Wildman–Crippen MR) is 37.2 cm³/mol. The summed E-state index contributed by atoms with van der Waals surface area (Å²) >= 11 is 0. The van der Waals surface area contributed by atoms with Crippen molar-refractivity contribution in [1.29, 1.82) is 0 Å². The Morgan fingerprint density at radius 3 is 3.00 bits per heavy atom. The van der Waals surface area contributed by atoms with E-state index in [0.29, 0.717) is 18.8 Å². The summed E-state index contributed by atoms with van der Waals surface area (Å²) in [5.41, 5.74) is 0. The van der Waals surface area contributed by atoms with Gasteiger partial charge in [0.2, 0.25) is 5.91 Å². The quantitative estimate of drug-likeness (QED) is 0.552. The van der Waals surface area contributed by atoms with Crippen molar-refractivity contribution in [3.05, 3.63) is 0 Å². The number of carbonyl (C=O) groups excluding carboxylic acids is 1. The molecule has 3 nitrogen and oxygen atoms in total. The third-order valence-electron chi connectivity index (χ3n) is 1.94. The molecule has 2 N–H and O–H groups in total. The summed E-state index contributed by atoms with van der Waals surface area (Å²) in [4.78, 5) is 10.8. The zero-order valence-corrected chi connectivity index (χ0v) is 6.13. The Hall–Kier alpha value is -0.570. The minimum absolute atomic E-state index is 0.0226. The highest BCUT2D eigenvalue weighted by atomic mass is 16.3. The number of piperidine rings is 1. The van der Waals surface area contributed by atoms with Gasteiger partial charge in [-0.15, -0.1) is 0 Å². The van der Waals surface area contributed by atoms with Crippen LogP contribution in [-0.2, 0) is 4.79 Å². The summed E-state index contributed by atoms with van der Waals surface area (Å²) in [6.45, 7) is 2.04. The maximum atomic E-state index is 10.8. The van der Waals surface area contributed by atoms with Crippen LogP contribution >= 0.6 is 0 Å². The zero-order valence-electron chi connectivity index (χ0n) is 6.13. The van der Waals surface area contributed by atoms with Gasteiger partial charge in [0.25, 0.3) is 0 Å². The van der Waals surface area contributed by atoms with Crippen LogP contribution in [0.15, 0.2) is 0 Å². The normalized spacial score (nSPS) is 33.6. The van der Waals surface area contributed by atoms with Crippen LogP contribution in [0.5, 0.6) is 0 Å². The summed E-state index contributed by atoms with van der Waals surface area (Å²) in [6.07, 6.45) is 1.66. The lowest BCUT2D eigenvalue weighted by atomic mass is 9.94. The SMILES string of the molecule is CCC1CC(=O)NC(O)C1. The molecular weight excluding hydrogens is 130 g/mol. The van der Waals surface area contributed by atoms with Crippen molar-refractivity contribution in [3.8, 4) is 0 Å². The van der Waals surface area contributed by atoms with E-state index in [1.807, 2.05) is 6.92 Å². The van der Waals surface area contributed by atoms with Crippen molar-refractivity contribution in [1.82, 2.24) is 5.32 Å². The van der Waals surface area contributed by atoms with Gasteiger partial charge < -0.3 is 10.4 Å². The Balaban J connectivity index is 2.42. The van der Waals surface area contributed by atoms with Gasteiger partial charge in [0.15, 0.2) is 0 Å². The number of nitrogens with one attached hydrogen (secondary N) is 1. The first-order chi connectivity index (χ1) is 4.72. The molecule has 1 heterocycles. The smallest absolute Gasteiger partial charge is 0.222 e. The number of aliphatic hydroxyl groups excluding tert-OH is 1. The van der Waals surface area contributed by atoms with Gasteiger partial charge in [0, 0.05) is 6.42 Å². The molecule has 58 valence electrons. The molecule has 10 heavy (non-hydrogen) atoms. The highest BCUT2D eigenvalue weighted by Gasteiger charge is 2.23. The Labute approximate surface area is 60.4 Å². The molecule has 3 heteroatoms. The monoisotopic (exact) mass is 143 g/mol. The molecule has 1 saturated heterocycles. The molecule has 0 bridgehead atoms. The fourth-order valence-electron chi connectivity index (χ4n) is 1.28. The molecule has 0 aromatic rings. The van der Waals surface area contributed by atoms with Crippen molar-refractivity contribution in [2.45, 2.75) is 32.4 Å². The average molecular weight is 143 g/mol. The van der Waals surface area contributed by atoms with E-state index in [1.165, 1.54) is 0 Å². The van der Waals surface area contributed by atoms with Gasteiger partial charge in [-0.3, -0.25) is 4.79 Å². The first-order valence-corrected chi connectivity index (χ1v) is 3.69. The number of hydrogen-bond acceptors (Lipinski definition) is 2. The van der Waals surface area contributed by atoms with Crippen LogP contribution in [0.3, 0.4) is 0 Å². The van der Waals surface area contributed by atoms with Crippen LogP contribution in [0.4, 0.5) is 0 Å². The van der Waals surface area contributed by atoms with Crippen molar-refractivity contribution in [2.75, 3.05) is 0 Å². The third-order valence-corrected chi connectivity index (χ3v) is 1.94. The van der Waals surface area contributed by atoms with Crippen LogP contribution in [0.2, 0.25) is 0 Å². The number of hydrogen-bond donors (Lipinski definition) is 2. The summed E-state index contributed by atoms with van der Waals surface area (Å²) < 4.78 is 0. The minimum Gasteiger partial charge on any atom is -0.374 e. The average Bonchev–Trinajstić information content (AvgIpc) is 1.85. The molecule has 1 fully saturated rings. The number of rotatable bonds is 1. The summed E-state index contributed by atoms with van der Waals surface area (Å²) in [6, 6.07) is 0. The second kappa shape index (κ2) is 3.01. The van der Waals surface area contributed by atoms with Gasteiger partial charge in [-0.25, -0.2) is 0 Å². The summed E-state index contributed by atoms with van der Waals surface area (Å²) in [5, 5.41) is 11.5. The molecule has 0 spiro atoms. The maximum absolute atomic E-state index is 10.8. The molecule has 0 aliphatic carbocycles. The molecule has 0 aromatic carbocycles. The summed E-state index contributed by atoms with van der Waals surface area (Å²) in [5.74, 6) is 0.356. The molecule has 1 amide bonds. The molecule has 0 saturated carbocycles. The first-order valence-electron chi connectivity index (χ1n) is 3.69. The molecule has 0 radical (unpaired) electrons. The van der Waals surface area contributed by atoms with Crippen LogP contribution < -0.4 is 5.32 Å². The molecule has 1 aliphatic rings. The number of carbonyl (C=O) groups is 1. The van der Waals surface area contributed by atoms with Gasteiger partial charge in [-0.2, -0.15) is 0 Å². The largest absolute Gasteiger partial charge is 0.374 e. The van der Waals surface area contributed by atoms with E-state index in [2.05, 4.69) is 5.32 Å². The van der Waals surface area contributed by atoms with Gasteiger partial charge in [0.05, 0.1) is 0 Å². The van der Waals surface area contributed by atoms with Crippen LogP contribution in [-0.4, -0.2) is 17.2 Å². The highest BCUT2D eigenvalue weighted by molar-refractivity contribution is 5.77. The lowest BCUT2D eigenvalue weighted by molar-refractivity contribution is -0.128.